The van der Waals surface area contributed by atoms with Crippen LogP contribution >= 0.6 is 0 Å². The van der Waals surface area contributed by atoms with E-state index in [9.17, 15) is 19.5 Å². The molecule has 2 aromatic heterocycles. The van der Waals surface area contributed by atoms with Crippen LogP contribution in [0.15, 0.2) is 105 Å². The molecule has 6 rings (SSSR count). The second-order valence-electron chi connectivity index (χ2n) is 15.5. The van der Waals surface area contributed by atoms with Crippen molar-refractivity contribution in [2.75, 3.05) is 6.54 Å². The van der Waals surface area contributed by atoms with Crippen molar-refractivity contribution in [3.05, 3.63) is 129 Å². The first-order valence-corrected chi connectivity index (χ1v) is 21.6. The molecule has 4 aromatic carbocycles. The summed E-state index contributed by atoms with van der Waals surface area (Å²) in [6, 6.07) is 28.0. The third-order valence-corrected chi connectivity index (χ3v) is 15.1. The van der Waals surface area contributed by atoms with Crippen molar-refractivity contribution < 1.29 is 23.5 Å². The Morgan fingerprint density at radius 3 is 2.45 bits per heavy atom. The first-order chi connectivity index (χ1) is 26.2. The number of aromatic hydroxyl groups is 1. The standard InChI is InChI=1S/C43H50N4O7Si/c1-43(2,3)55(4,5)54-38(32-18-21-35(48)40-33(32)19-22-39(49)46-40)27-45-26-29-16-20-34-37(25-29)53-42(51)47(34)23-11-7-8-12-28-15-17-31(30-13-9-6-10-14-30)36(24-28)52-41(44)50/h6,9-10,13-22,24-25,38,45,48H,7-8,11-12,23,26-27H2,1-5H3,(H2,44,50)(H,46,49)/t38-/m0/s1. The maximum Gasteiger partial charge on any atom is 0.419 e. The summed E-state index contributed by atoms with van der Waals surface area (Å²) in [5.41, 5.74) is 11.3. The number of rotatable bonds is 15. The summed E-state index contributed by atoms with van der Waals surface area (Å²) >= 11 is 0. The molecule has 0 saturated heterocycles. The van der Waals surface area contributed by atoms with Gasteiger partial charge in [-0.15, -0.1) is 0 Å². The number of H-pyrrole nitrogens is 1. The third kappa shape index (κ3) is 9.27. The van der Waals surface area contributed by atoms with E-state index in [1.165, 1.54) is 6.07 Å². The molecule has 0 radical (unpaired) electrons. The number of nitrogens with one attached hydrogen (secondary N) is 2. The maximum absolute atomic E-state index is 12.9. The number of hydrogen-bond donors (Lipinski definition) is 4. The predicted octanol–water partition coefficient (Wildman–Crippen LogP) is 8.53. The monoisotopic (exact) mass is 762 g/mol. The molecule has 0 unspecified atom stereocenters. The molecule has 0 aliphatic heterocycles. The van der Waals surface area contributed by atoms with Gasteiger partial charge in [-0.1, -0.05) is 81.8 Å². The smallest absolute Gasteiger partial charge is 0.419 e. The van der Waals surface area contributed by atoms with E-state index < -0.39 is 14.4 Å². The van der Waals surface area contributed by atoms with Crippen molar-refractivity contribution in [3.8, 4) is 22.6 Å². The van der Waals surface area contributed by atoms with Gasteiger partial charge in [0.05, 0.1) is 17.1 Å². The van der Waals surface area contributed by atoms with E-state index in [2.05, 4.69) is 44.2 Å². The highest BCUT2D eigenvalue weighted by Gasteiger charge is 2.39. The largest absolute Gasteiger partial charge is 0.506 e. The van der Waals surface area contributed by atoms with Gasteiger partial charge in [0, 0.05) is 36.7 Å². The number of phenols is 1. The molecule has 0 bridgehead atoms. The number of nitrogens with two attached hydrogens (primary N) is 1. The summed E-state index contributed by atoms with van der Waals surface area (Å²) in [5, 5.41) is 14.7. The molecule has 0 spiro atoms. The van der Waals surface area contributed by atoms with Crippen LogP contribution in [0.2, 0.25) is 18.1 Å². The zero-order valence-corrected chi connectivity index (χ0v) is 33.1. The third-order valence-electron chi connectivity index (χ3n) is 10.6. The van der Waals surface area contributed by atoms with Gasteiger partial charge in [-0.3, -0.25) is 9.36 Å². The molecular weight excluding hydrogens is 713 g/mol. The molecule has 0 saturated carbocycles. The van der Waals surface area contributed by atoms with Crippen molar-refractivity contribution in [2.24, 2.45) is 5.73 Å². The average molecular weight is 763 g/mol. The van der Waals surface area contributed by atoms with Crippen molar-refractivity contribution >= 4 is 36.4 Å². The maximum atomic E-state index is 12.9. The average Bonchev–Trinajstić information content (AvgIpc) is 3.44. The van der Waals surface area contributed by atoms with E-state index in [4.69, 9.17) is 19.3 Å². The van der Waals surface area contributed by atoms with Crippen LogP contribution in [-0.4, -0.2) is 35.6 Å². The highest BCUT2D eigenvalue weighted by atomic mass is 28.4. The SMILES string of the molecule is CC(C)(C)[Si](C)(C)O[C@@H](CNCc1ccc2c(c1)oc(=O)n2CCCCCc1ccc(-c2ccccc2)c(OC(N)=O)c1)c1ccc(O)c2[nH]c(=O)ccc12. The van der Waals surface area contributed by atoms with E-state index in [-0.39, 0.29) is 28.2 Å². The molecule has 0 aliphatic carbocycles. The van der Waals surface area contributed by atoms with Gasteiger partial charge in [0.2, 0.25) is 5.56 Å². The number of carbonyl (C=O) groups is 1. The Hall–Kier alpha value is -5.43. The van der Waals surface area contributed by atoms with Gasteiger partial charge >= 0.3 is 11.8 Å². The summed E-state index contributed by atoms with van der Waals surface area (Å²) in [4.78, 5) is 39.4. The molecule has 1 amide bonds. The second-order valence-corrected chi connectivity index (χ2v) is 20.3. The molecule has 6 aromatic rings. The Morgan fingerprint density at radius 2 is 1.71 bits per heavy atom. The quantitative estimate of drug-likeness (QED) is 0.0598. The molecule has 0 aliphatic rings. The first kappa shape index (κ1) is 39.3. The van der Waals surface area contributed by atoms with Crippen molar-refractivity contribution in [3.63, 3.8) is 0 Å². The zero-order chi connectivity index (χ0) is 39.3. The lowest BCUT2D eigenvalue weighted by Gasteiger charge is -2.39. The van der Waals surface area contributed by atoms with Crippen molar-refractivity contribution in [2.45, 2.75) is 83.8 Å². The number of primary amides is 1. The summed E-state index contributed by atoms with van der Waals surface area (Å²) in [6.07, 6.45) is 2.15. The van der Waals surface area contributed by atoms with Gasteiger partial charge in [-0.2, -0.15) is 0 Å². The number of oxazole rings is 1. The fourth-order valence-electron chi connectivity index (χ4n) is 6.61. The Bertz CT molecular complexity index is 2410. The molecular formula is C43H50N4O7Si. The molecule has 1 atom stereocenters. The van der Waals surface area contributed by atoms with Gasteiger partial charge in [-0.05, 0) is 90.0 Å². The number of pyridine rings is 1. The number of ether oxygens (including phenoxy) is 1. The summed E-state index contributed by atoms with van der Waals surface area (Å²) in [5.74, 6) is 0.0607. The lowest BCUT2D eigenvalue weighted by Crippen LogP contribution is -2.43. The van der Waals surface area contributed by atoms with Crippen LogP contribution in [-0.2, 0) is 23.9 Å². The highest BCUT2D eigenvalue weighted by molar-refractivity contribution is 6.74. The first-order valence-electron chi connectivity index (χ1n) is 18.7. The Morgan fingerprint density at radius 1 is 0.945 bits per heavy atom. The number of amides is 1. The number of aryl methyl sites for hydroxylation is 2. The number of hydrogen-bond acceptors (Lipinski definition) is 8. The minimum Gasteiger partial charge on any atom is -0.506 e. The van der Waals surface area contributed by atoms with Crippen molar-refractivity contribution in [1.82, 2.24) is 14.9 Å². The van der Waals surface area contributed by atoms with Crippen LogP contribution in [0.4, 0.5) is 4.79 Å². The molecule has 55 heavy (non-hydrogen) atoms. The molecule has 0 fully saturated rings. The fourth-order valence-corrected chi connectivity index (χ4v) is 7.89. The second kappa shape index (κ2) is 16.5. The van der Waals surface area contributed by atoms with Crippen LogP contribution in [0.5, 0.6) is 11.5 Å². The minimum absolute atomic E-state index is 0.00885. The molecule has 2 heterocycles. The molecule has 5 N–H and O–H groups in total. The number of unbranched alkanes of at least 4 members (excludes halogenated alkanes) is 2. The number of aromatic nitrogens is 2. The number of phenolic OH excluding ortho intramolecular Hbond substituents is 1. The highest BCUT2D eigenvalue weighted by Crippen LogP contribution is 2.41. The zero-order valence-electron chi connectivity index (χ0n) is 32.1. The number of aromatic amines is 1. The predicted molar refractivity (Wildman–Crippen MR) is 219 cm³/mol. The van der Waals surface area contributed by atoms with Gasteiger partial charge in [0.25, 0.3) is 0 Å². The Kier molecular flexibility index (Phi) is 11.8. The van der Waals surface area contributed by atoms with E-state index in [1.54, 1.807) is 16.7 Å². The number of fused-ring (bicyclic) bond motifs is 2. The Balaban J connectivity index is 1.08. The van der Waals surface area contributed by atoms with Gasteiger partial charge in [0.15, 0.2) is 13.9 Å². The number of nitrogens with zero attached hydrogens (tertiary/aromatic N) is 1. The number of carbonyl (C=O) groups excluding carboxylic acids is 1. The van der Waals surface area contributed by atoms with E-state index >= 15 is 0 Å². The van der Waals surface area contributed by atoms with Gasteiger partial charge in [0.1, 0.15) is 11.5 Å². The van der Waals surface area contributed by atoms with Gasteiger partial charge < -0.3 is 34.7 Å². The molecule has 12 heteroatoms. The van der Waals surface area contributed by atoms with E-state index in [0.29, 0.717) is 36.5 Å². The van der Waals surface area contributed by atoms with Crippen molar-refractivity contribution in [1.29, 1.82) is 0 Å². The van der Waals surface area contributed by atoms with Crippen LogP contribution in [0, 0.1) is 0 Å². The van der Waals surface area contributed by atoms with E-state index in [1.807, 2.05) is 72.8 Å². The summed E-state index contributed by atoms with van der Waals surface area (Å²) in [6.45, 7) is 12.5. The summed E-state index contributed by atoms with van der Waals surface area (Å²) < 4.78 is 19.6. The van der Waals surface area contributed by atoms with Gasteiger partial charge in [-0.25, -0.2) is 9.59 Å². The lowest BCUT2D eigenvalue weighted by molar-refractivity contribution is 0.181. The fraction of sp³-hybridized carbons (Fsp3) is 0.326. The topological polar surface area (TPSA) is 162 Å². The Labute approximate surface area is 321 Å². The molecule has 288 valence electrons. The van der Waals surface area contributed by atoms with Crippen LogP contribution in [0.25, 0.3) is 33.1 Å². The minimum atomic E-state index is -2.23. The van der Waals surface area contributed by atoms with Crippen LogP contribution < -0.4 is 27.1 Å². The lowest BCUT2D eigenvalue weighted by atomic mass is 10.00. The summed E-state index contributed by atoms with van der Waals surface area (Å²) in [7, 11) is -2.23. The van der Waals surface area contributed by atoms with Crippen LogP contribution in [0.1, 0.15) is 62.8 Å². The van der Waals surface area contributed by atoms with E-state index in [0.717, 1.165) is 64.4 Å². The van der Waals surface area contributed by atoms with Crippen LogP contribution in [0.3, 0.4) is 0 Å². The normalized spacial score (nSPS) is 12.7. The molecule has 11 nitrogen and oxygen atoms in total. The number of benzene rings is 4.